The summed E-state index contributed by atoms with van der Waals surface area (Å²) in [7, 11) is 3.50. The number of amides is 1. The van der Waals surface area contributed by atoms with E-state index in [1.807, 2.05) is 35.1 Å². The molecule has 1 aromatic carbocycles. The summed E-state index contributed by atoms with van der Waals surface area (Å²) < 4.78 is 1.95. The molecule has 1 heterocycles. The molecule has 1 N–H and O–H groups in total. The molecular weight excluding hydrogens is 264 g/mol. The Labute approximate surface area is 125 Å². The lowest BCUT2D eigenvalue weighted by molar-refractivity contribution is 0.0827. The van der Waals surface area contributed by atoms with Crippen LogP contribution in [-0.2, 0) is 13.1 Å². The zero-order chi connectivity index (χ0) is 15.2. The zero-order valence-corrected chi connectivity index (χ0v) is 12.8. The lowest BCUT2D eigenvalue weighted by Gasteiger charge is -2.11. The number of carbonyl (C=O) groups excluding carboxylic acids is 1. The van der Waals surface area contributed by atoms with Crippen molar-refractivity contribution in [3.63, 3.8) is 0 Å². The van der Waals surface area contributed by atoms with E-state index in [9.17, 15) is 4.79 Å². The molecule has 0 bridgehead atoms. The van der Waals surface area contributed by atoms with Crippen molar-refractivity contribution in [2.24, 2.45) is 0 Å². The highest BCUT2D eigenvalue weighted by atomic mass is 16.2. The molecule has 112 valence electrons. The maximum absolute atomic E-state index is 11.8. The number of carbonyl (C=O) groups is 1. The average molecular weight is 286 g/mol. The fraction of sp³-hybridized carbons (Fsp3) is 0.375. The van der Waals surface area contributed by atoms with E-state index in [0.717, 1.165) is 30.8 Å². The third-order valence-corrected chi connectivity index (χ3v) is 3.17. The number of nitrogens with one attached hydrogen (secondary N) is 1. The molecule has 1 amide bonds. The van der Waals surface area contributed by atoms with E-state index in [4.69, 9.17) is 0 Å². The van der Waals surface area contributed by atoms with Crippen LogP contribution in [0.2, 0.25) is 0 Å². The van der Waals surface area contributed by atoms with Crippen LogP contribution < -0.4 is 5.32 Å². The summed E-state index contributed by atoms with van der Waals surface area (Å²) >= 11 is 0. The molecule has 0 atom stereocenters. The summed E-state index contributed by atoms with van der Waals surface area (Å²) in [6.45, 7) is 3.81. The third-order valence-electron chi connectivity index (χ3n) is 3.17. The summed E-state index contributed by atoms with van der Waals surface area (Å²) in [5.41, 5.74) is 2.84. The van der Waals surface area contributed by atoms with Gasteiger partial charge in [0.05, 0.1) is 6.20 Å². The van der Waals surface area contributed by atoms with Crippen molar-refractivity contribution >= 4 is 11.6 Å². The maximum Gasteiger partial charge on any atom is 0.253 e. The van der Waals surface area contributed by atoms with Gasteiger partial charge in [-0.25, -0.2) is 0 Å². The number of nitrogens with zero attached hydrogens (tertiary/aromatic N) is 3. The van der Waals surface area contributed by atoms with E-state index in [2.05, 4.69) is 23.5 Å². The van der Waals surface area contributed by atoms with E-state index in [1.165, 1.54) is 0 Å². The van der Waals surface area contributed by atoms with Crippen LogP contribution in [0.5, 0.6) is 0 Å². The smallest absolute Gasteiger partial charge is 0.253 e. The van der Waals surface area contributed by atoms with E-state index in [1.54, 1.807) is 19.0 Å². The Morgan fingerprint density at radius 1 is 1.29 bits per heavy atom. The minimum Gasteiger partial charge on any atom is -0.381 e. The van der Waals surface area contributed by atoms with Gasteiger partial charge >= 0.3 is 0 Å². The molecule has 1 aromatic heterocycles. The van der Waals surface area contributed by atoms with Crippen molar-refractivity contribution in [2.75, 3.05) is 19.4 Å². The van der Waals surface area contributed by atoms with Crippen LogP contribution in [0, 0.1) is 0 Å². The minimum atomic E-state index is 0.0161. The standard InChI is InChI=1S/C16H22N4O/c1-4-9-20-12-13(11-18-20)10-17-15-7-5-14(6-8-15)16(21)19(2)3/h5-8,11-12,17H,4,9-10H2,1-3H3. The molecule has 0 spiro atoms. The first kappa shape index (κ1) is 15.1. The summed E-state index contributed by atoms with van der Waals surface area (Å²) in [5, 5.41) is 7.63. The molecule has 0 aliphatic carbocycles. The first-order valence-corrected chi connectivity index (χ1v) is 7.17. The number of benzene rings is 1. The topological polar surface area (TPSA) is 50.2 Å². The number of rotatable bonds is 6. The highest BCUT2D eigenvalue weighted by Gasteiger charge is 2.07. The van der Waals surface area contributed by atoms with E-state index >= 15 is 0 Å². The van der Waals surface area contributed by atoms with Crippen LogP contribution >= 0.6 is 0 Å². The first-order valence-electron chi connectivity index (χ1n) is 7.17. The molecule has 0 unspecified atom stereocenters. The molecular formula is C16H22N4O. The van der Waals surface area contributed by atoms with E-state index in [0.29, 0.717) is 5.56 Å². The number of hydrogen-bond acceptors (Lipinski definition) is 3. The second-order valence-electron chi connectivity index (χ2n) is 5.24. The maximum atomic E-state index is 11.8. The minimum absolute atomic E-state index is 0.0161. The summed E-state index contributed by atoms with van der Waals surface area (Å²) in [5.74, 6) is 0.0161. The van der Waals surface area contributed by atoms with Crippen molar-refractivity contribution in [3.05, 3.63) is 47.8 Å². The molecule has 0 radical (unpaired) electrons. The summed E-state index contributed by atoms with van der Waals surface area (Å²) in [6.07, 6.45) is 5.02. The molecule has 2 aromatic rings. The molecule has 2 rings (SSSR count). The Hall–Kier alpha value is -2.30. The van der Waals surface area contributed by atoms with Crippen LogP contribution in [-0.4, -0.2) is 34.7 Å². The van der Waals surface area contributed by atoms with Gasteiger partial charge in [-0.3, -0.25) is 9.48 Å². The largest absolute Gasteiger partial charge is 0.381 e. The fourth-order valence-electron chi connectivity index (χ4n) is 2.04. The lowest BCUT2D eigenvalue weighted by Crippen LogP contribution is -2.21. The van der Waals surface area contributed by atoms with Gasteiger partial charge in [-0.2, -0.15) is 5.10 Å². The van der Waals surface area contributed by atoms with E-state index < -0.39 is 0 Å². The monoisotopic (exact) mass is 286 g/mol. The highest BCUT2D eigenvalue weighted by Crippen LogP contribution is 2.12. The Kier molecular flexibility index (Phi) is 4.98. The molecule has 0 saturated heterocycles. The van der Waals surface area contributed by atoms with Crippen LogP contribution in [0.25, 0.3) is 0 Å². The van der Waals surface area contributed by atoms with Crippen molar-refractivity contribution in [1.29, 1.82) is 0 Å². The molecule has 0 aliphatic heterocycles. The molecule has 0 aliphatic rings. The van der Waals surface area contributed by atoms with Crippen LogP contribution in [0.15, 0.2) is 36.7 Å². The van der Waals surface area contributed by atoms with Gasteiger partial charge in [0.15, 0.2) is 0 Å². The van der Waals surface area contributed by atoms with Gasteiger partial charge in [0.1, 0.15) is 0 Å². The molecule has 21 heavy (non-hydrogen) atoms. The van der Waals surface area contributed by atoms with Gasteiger partial charge in [-0.1, -0.05) is 6.92 Å². The predicted molar refractivity (Wildman–Crippen MR) is 84.3 cm³/mol. The number of aromatic nitrogens is 2. The molecule has 0 saturated carbocycles. The quantitative estimate of drug-likeness (QED) is 0.888. The van der Waals surface area contributed by atoms with Crippen molar-refractivity contribution < 1.29 is 4.79 Å². The van der Waals surface area contributed by atoms with Gasteiger partial charge in [-0.15, -0.1) is 0 Å². The molecule has 5 heteroatoms. The van der Waals surface area contributed by atoms with Crippen molar-refractivity contribution in [1.82, 2.24) is 14.7 Å². The SMILES string of the molecule is CCCn1cc(CNc2ccc(C(=O)N(C)C)cc2)cn1. The Bertz CT molecular complexity index is 587. The number of anilines is 1. The van der Waals surface area contributed by atoms with Gasteiger partial charge in [-0.05, 0) is 30.7 Å². The number of hydrogen-bond donors (Lipinski definition) is 1. The van der Waals surface area contributed by atoms with Gasteiger partial charge < -0.3 is 10.2 Å². The third kappa shape index (κ3) is 4.08. The zero-order valence-electron chi connectivity index (χ0n) is 12.8. The number of aryl methyl sites for hydroxylation is 1. The predicted octanol–water partition coefficient (Wildman–Crippen LogP) is 2.61. The second-order valence-corrected chi connectivity index (χ2v) is 5.24. The lowest BCUT2D eigenvalue weighted by atomic mass is 10.2. The molecule has 5 nitrogen and oxygen atoms in total. The highest BCUT2D eigenvalue weighted by molar-refractivity contribution is 5.94. The van der Waals surface area contributed by atoms with E-state index in [-0.39, 0.29) is 5.91 Å². The summed E-state index contributed by atoms with van der Waals surface area (Å²) in [4.78, 5) is 13.4. The van der Waals surface area contributed by atoms with Gasteiger partial charge in [0.2, 0.25) is 0 Å². The Balaban J connectivity index is 1.92. The van der Waals surface area contributed by atoms with Gasteiger partial charge in [0.25, 0.3) is 5.91 Å². The van der Waals surface area contributed by atoms with Crippen molar-refractivity contribution in [3.8, 4) is 0 Å². The van der Waals surface area contributed by atoms with Crippen molar-refractivity contribution in [2.45, 2.75) is 26.4 Å². The Morgan fingerprint density at radius 3 is 2.62 bits per heavy atom. The average Bonchev–Trinajstić information content (AvgIpc) is 2.93. The van der Waals surface area contributed by atoms with Gasteiger partial charge in [0, 0.05) is 50.2 Å². The van der Waals surface area contributed by atoms with Crippen LogP contribution in [0.3, 0.4) is 0 Å². The normalized spacial score (nSPS) is 10.4. The Morgan fingerprint density at radius 2 is 2.00 bits per heavy atom. The fourth-order valence-corrected chi connectivity index (χ4v) is 2.04. The first-order chi connectivity index (χ1) is 10.1. The van der Waals surface area contributed by atoms with Crippen LogP contribution in [0.1, 0.15) is 29.3 Å². The van der Waals surface area contributed by atoms with Crippen LogP contribution in [0.4, 0.5) is 5.69 Å². The second kappa shape index (κ2) is 6.92. The molecule has 0 fully saturated rings. The summed E-state index contributed by atoms with van der Waals surface area (Å²) in [6, 6.07) is 7.52.